The van der Waals surface area contributed by atoms with Gasteiger partial charge < -0.3 is 23.9 Å². The zero-order valence-corrected chi connectivity index (χ0v) is 17.2. The summed E-state index contributed by atoms with van der Waals surface area (Å²) in [6, 6.07) is 9.57. The van der Waals surface area contributed by atoms with Crippen molar-refractivity contribution in [3.05, 3.63) is 59.5 Å². The Morgan fingerprint density at radius 3 is 2.74 bits per heavy atom. The number of aromatic nitrogens is 4. The molecular formula is C22H22N4O5. The van der Waals surface area contributed by atoms with Crippen LogP contribution >= 0.6 is 0 Å². The quantitative estimate of drug-likeness (QED) is 0.500. The van der Waals surface area contributed by atoms with Crippen LogP contribution in [0.15, 0.2) is 54.0 Å². The van der Waals surface area contributed by atoms with Crippen molar-refractivity contribution in [1.29, 1.82) is 0 Å². The molecule has 160 valence electrons. The monoisotopic (exact) mass is 422 g/mol. The van der Waals surface area contributed by atoms with Crippen molar-refractivity contribution in [3.8, 4) is 17.2 Å². The first-order valence-corrected chi connectivity index (χ1v) is 9.90. The van der Waals surface area contributed by atoms with Crippen molar-refractivity contribution in [2.24, 2.45) is 0 Å². The number of hydrogen-bond donors (Lipinski definition) is 1. The molecule has 1 atom stereocenters. The van der Waals surface area contributed by atoms with Gasteiger partial charge in [0.2, 0.25) is 5.75 Å². The number of benzene rings is 2. The average molecular weight is 422 g/mol. The summed E-state index contributed by atoms with van der Waals surface area (Å²) in [7, 11) is 0. The molecule has 0 amide bonds. The SMILES string of the molecule is CCOC(C)Oc1cc2nc[nH]c(=O)c2c2c1OCCO2.c1ccc2ncncc2c1. The van der Waals surface area contributed by atoms with Gasteiger partial charge in [0.15, 0.2) is 17.8 Å². The van der Waals surface area contributed by atoms with Gasteiger partial charge in [0.05, 0.1) is 17.4 Å². The number of nitrogens with zero attached hydrogens (tertiary/aromatic N) is 3. The summed E-state index contributed by atoms with van der Waals surface area (Å²) in [5, 5.41) is 1.45. The summed E-state index contributed by atoms with van der Waals surface area (Å²) in [6.07, 6.45) is 4.27. The lowest BCUT2D eigenvalue weighted by Crippen LogP contribution is -2.21. The first kappa shape index (κ1) is 20.5. The lowest BCUT2D eigenvalue weighted by atomic mass is 10.2. The Hall–Kier alpha value is -3.72. The summed E-state index contributed by atoms with van der Waals surface area (Å²) < 4.78 is 22.3. The van der Waals surface area contributed by atoms with E-state index < -0.39 is 6.29 Å². The summed E-state index contributed by atoms with van der Waals surface area (Å²) in [5.41, 5.74) is 1.21. The Kier molecular flexibility index (Phi) is 6.23. The van der Waals surface area contributed by atoms with Crippen LogP contribution in [-0.4, -0.2) is 46.0 Å². The second-order valence-corrected chi connectivity index (χ2v) is 6.58. The number of para-hydroxylation sites is 1. The van der Waals surface area contributed by atoms with E-state index in [4.69, 9.17) is 18.9 Å². The molecule has 0 saturated heterocycles. The molecule has 1 N–H and O–H groups in total. The van der Waals surface area contributed by atoms with Crippen molar-refractivity contribution in [2.45, 2.75) is 20.1 Å². The molecule has 1 aliphatic heterocycles. The molecule has 0 bridgehead atoms. The minimum atomic E-state index is -0.441. The van der Waals surface area contributed by atoms with Gasteiger partial charge in [-0.15, -0.1) is 0 Å². The molecule has 2 aromatic heterocycles. The van der Waals surface area contributed by atoms with E-state index in [1.54, 1.807) is 19.3 Å². The molecule has 0 aliphatic carbocycles. The van der Waals surface area contributed by atoms with Crippen LogP contribution in [0, 0.1) is 0 Å². The predicted octanol–water partition coefficient (Wildman–Crippen LogP) is 3.09. The molecule has 4 aromatic rings. The van der Waals surface area contributed by atoms with Crippen molar-refractivity contribution in [1.82, 2.24) is 19.9 Å². The van der Waals surface area contributed by atoms with Crippen LogP contribution in [-0.2, 0) is 4.74 Å². The fraction of sp³-hybridized carbons (Fsp3) is 0.273. The molecule has 0 radical (unpaired) electrons. The van der Waals surface area contributed by atoms with E-state index >= 15 is 0 Å². The lowest BCUT2D eigenvalue weighted by molar-refractivity contribution is -0.0630. The van der Waals surface area contributed by atoms with Crippen molar-refractivity contribution in [3.63, 3.8) is 0 Å². The highest BCUT2D eigenvalue weighted by Crippen LogP contribution is 2.43. The number of aromatic amines is 1. The third-order valence-electron chi connectivity index (χ3n) is 4.49. The maximum absolute atomic E-state index is 12.0. The van der Waals surface area contributed by atoms with Gasteiger partial charge in [-0.05, 0) is 19.9 Å². The van der Waals surface area contributed by atoms with E-state index in [9.17, 15) is 4.79 Å². The Morgan fingerprint density at radius 2 is 1.94 bits per heavy atom. The summed E-state index contributed by atoms with van der Waals surface area (Å²) in [6.45, 7) is 4.98. The number of ether oxygens (including phenoxy) is 4. The third kappa shape index (κ3) is 4.56. The Labute approximate surface area is 178 Å². The molecule has 1 aliphatic rings. The minimum absolute atomic E-state index is 0.272. The van der Waals surface area contributed by atoms with Crippen LogP contribution in [0.25, 0.3) is 21.8 Å². The molecule has 2 aromatic carbocycles. The first-order chi connectivity index (χ1) is 15.2. The molecule has 0 saturated carbocycles. The molecule has 0 fully saturated rings. The van der Waals surface area contributed by atoms with Gasteiger partial charge in [0.1, 0.15) is 24.9 Å². The predicted molar refractivity (Wildman–Crippen MR) is 115 cm³/mol. The van der Waals surface area contributed by atoms with Crippen molar-refractivity contribution >= 4 is 21.8 Å². The van der Waals surface area contributed by atoms with Gasteiger partial charge in [0, 0.05) is 24.3 Å². The first-order valence-electron chi connectivity index (χ1n) is 9.90. The van der Waals surface area contributed by atoms with Crippen LogP contribution < -0.4 is 19.8 Å². The maximum Gasteiger partial charge on any atom is 0.262 e. The molecule has 31 heavy (non-hydrogen) atoms. The molecule has 1 unspecified atom stereocenters. The Balaban J connectivity index is 0.000000192. The topological polar surface area (TPSA) is 108 Å². The summed E-state index contributed by atoms with van der Waals surface area (Å²) in [4.78, 5) is 26.7. The highest BCUT2D eigenvalue weighted by atomic mass is 16.7. The molecule has 3 heterocycles. The van der Waals surface area contributed by atoms with Crippen LogP contribution in [0.5, 0.6) is 17.2 Å². The van der Waals surface area contributed by atoms with Gasteiger partial charge in [-0.1, -0.05) is 18.2 Å². The van der Waals surface area contributed by atoms with Crippen molar-refractivity contribution in [2.75, 3.05) is 19.8 Å². The normalized spacial score (nSPS) is 13.4. The van der Waals surface area contributed by atoms with Crippen LogP contribution in [0.2, 0.25) is 0 Å². The fourth-order valence-corrected chi connectivity index (χ4v) is 3.18. The van der Waals surface area contributed by atoms with Gasteiger partial charge in [-0.2, -0.15) is 0 Å². The molecule has 0 spiro atoms. The van der Waals surface area contributed by atoms with Gasteiger partial charge in [-0.25, -0.2) is 15.0 Å². The number of hydrogen-bond acceptors (Lipinski definition) is 8. The number of rotatable bonds is 4. The van der Waals surface area contributed by atoms with Crippen molar-refractivity contribution < 1.29 is 18.9 Å². The van der Waals surface area contributed by atoms with Gasteiger partial charge in [0.25, 0.3) is 5.56 Å². The third-order valence-corrected chi connectivity index (χ3v) is 4.49. The molecule has 5 rings (SSSR count). The van der Waals surface area contributed by atoms with Crippen LogP contribution in [0.1, 0.15) is 13.8 Å². The standard InChI is InChI=1S/C14H16N2O5.C8H6N2/c1-3-18-8(2)21-10-6-9-11(14(17)16-7-15-9)13-12(10)19-4-5-20-13;1-2-4-8-7(3-1)5-9-6-10-8/h6-8H,3-5H2,1-2H3,(H,15,16,17);1-6H. The lowest BCUT2D eigenvalue weighted by Gasteiger charge is -2.23. The zero-order valence-electron chi connectivity index (χ0n) is 17.2. The zero-order chi connectivity index (χ0) is 21.6. The van der Waals surface area contributed by atoms with E-state index in [1.165, 1.54) is 6.33 Å². The Morgan fingerprint density at radius 1 is 1.13 bits per heavy atom. The van der Waals surface area contributed by atoms with E-state index in [0.29, 0.717) is 48.0 Å². The molecular weight excluding hydrogens is 400 g/mol. The molecule has 9 nitrogen and oxygen atoms in total. The summed E-state index contributed by atoms with van der Waals surface area (Å²) in [5.74, 6) is 1.24. The number of H-pyrrole nitrogens is 1. The maximum atomic E-state index is 12.0. The van der Waals surface area contributed by atoms with Gasteiger partial charge >= 0.3 is 0 Å². The number of fused-ring (bicyclic) bond motifs is 4. The van der Waals surface area contributed by atoms with Crippen LogP contribution in [0.3, 0.4) is 0 Å². The largest absolute Gasteiger partial charge is 0.485 e. The molecule has 9 heteroatoms. The highest BCUT2D eigenvalue weighted by Gasteiger charge is 2.24. The minimum Gasteiger partial charge on any atom is -0.485 e. The number of nitrogens with one attached hydrogen (secondary N) is 1. The van der Waals surface area contributed by atoms with Crippen LogP contribution in [0.4, 0.5) is 0 Å². The van der Waals surface area contributed by atoms with Gasteiger partial charge in [-0.3, -0.25) is 4.79 Å². The second-order valence-electron chi connectivity index (χ2n) is 6.58. The Bertz CT molecular complexity index is 1180. The smallest absolute Gasteiger partial charge is 0.262 e. The second kappa shape index (κ2) is 9.40. The average Bonchev–Trinajstić information content (AvgIpc) is 2.80. The van der Waals surface area contributed by atoms with E-state index in [-0.39, 0.29) is 5.56 Å². The summed E-state index contributed by atoms with van der Waals surface area (Å²) >= 11 is 0. The van der Waals surface area contributed by atoms with E-state index in [1.807, 2.05) is 37.4 Å². The fourth-order valence-electron chi connectivity index (χ4n) is 3.18. The highest BCUT2D eigenvalue weighted by molar-refractivity contribution is 5.89. The van der Waals surface area contributed by atoms with E-state index in [0.717, 1.165) is 10.9 Å². The van der Waals surface area contributed by atoms with E-state index in [2.05, 4.69) is 19.9 Å².